The lowest BCUT2D eigenvalue weighted by Crippen LogP contribution is -2.31. The Hall–Kier alpha value is -2.24. The molecule has 0 atom stereocenters. The number of amides is 1. The number of carbonyl (C=O) groups excluding carboxylic acids is 2. The Morgan fingerprint density at radius 3 is 2.32 bits per heavy atom. The molecule has 132 valence electrons. The van der Waals surface area contributed by atoms with Crippen molar-refractivity contribution in [2.75, 3.05) is 20.8 Å². The quantitative estimate of drug-likeness (QED) is 0.713. The molecular formula is C18H17Cl2NO4. The van der Waals surface area contributed by atoms with Crippen molar-refractivity contribution in [3.63, 3.8) is 0 Å². The molecule has 0 aliphatic heterocycles. The minimum absolute atomic E-state index is 0.0472. The first-order chi connectivity index (χ1) is 11.9. The van der Waals surface area contributed by atoms with Gasteiger partial charge in [-0.2, -0.15) is 0 Å². The standard InChI is InChI=1S/C18H17Cl2NO4/c1-21(10-12-6-3-4-9-15(12)24-2)16(22)11-25-18(23)17-13(19)7-5-8-14(17)20/h3-9H,10-11H2,1-2H3. The van der Waals surface area contributed by atoms with E-state index >= 15 is 0 Å². The van der Waals surface area contributed by atoms with E-state index in [1.165, 1.54) is 17.0 Å². The number of methoxy groups -OCH3 is 1. The van der Waals surface area contributed by atoms with Crippen LogP contribution < -0.4 is 4.74 Å². The van der Waals surface area contributed by atoms with E-state index in [1.54, 1.807) is 20.2 Å². The molecule has 0 saturated carbocycles. The zero-order chi connectivity index (χ0) is 18.4. The number of hydrogen-bond acceptors (Lipinski definition) is 4. The molecule has 0 fully saturated rings. The molecule has 2 aromatic carbocycles. The van der Waals surface area contributed by atoms with E-state index < -0.39 is 12.6 Å². The highest BCUT2D eigenvalue weighted by Crippen LogP contribution is 2.25. The molecule has 7 heteroatoms. The van der Waals surface area contributed by atoms with Crippen molar-refractivity contribution in [1.29, 1.82) is 0 Å². The Labute approximate surface area is 156 Å². The van der Waals surface area contributed by atoms with Crippen LogP contribution in [0.2, 0.25) is 10.0 Å². The normalized spacial score (nSPS) is 10.2. The number of benzene rings is 2. The van der Waals surface area contributed by atoms with Crippen LogP contribution in [0.1, 0.15) is 15.9 Å². The van der Waals surface area contributed by atoms with E-state index in [-0.39, 0.29) is 21.5 Å². The molecule has 0 aliphatic rings. The number of halogens is 2. The van der Waals surface area contributed by atoms with Crippen molar-refractivity contribution in [3.05, 3.63) is 63.6 Å². The first-order valence-corrected chi connectivity index (χ1v) is 8.16. The Bertz CT molecular complexity index is 759. The van der Waals surface area contributed by atoms with E-state index in [9.17, 15) is 9.59 Å². The second-order valence-electron chi connectivity index (χ2n) is 5.23. The van der Waals surface area contributed by atoms with Gasteiger partial charge in [-0.25, -0.2) is 4.79 Å². The van der Waals surface area contributed by atoms with Crippen LogP contribution in [0.25, 0.3) is 0 Å². The average Bonchev–Trinajstić information content (AvgIpc) is 2.59. The van der Waals surface area contributed by atoms with Gasteiger partial charge >= 0.3 is 5.97 Å². The van der Waals surface area contributed by atoms with E-state index in [4.69, 9.17) is 32.7 Å². The monoisotopic (exact) mass is 381 g/mol. The van der Waals surface area contributed by atoms with Crippen LogP contribution >= 0.6 is 23.2 Å². The summed E-state index contributed by atoms with van der Waals surface area (Å²) < 4.78 is 10.3. The summed E-state index contributed by atoms with van der Waals surface area (Å²) in [6, 6.07) is 12.0. The number of likely N-dealkylation sites (N-methyl/N-ethyl adjacent to an activating group) is 1. The third kappa shape index (κ3) is 4.87. The first kappa shape index (κ1) is 19.1. The maximum absolute atomic E-state index is 12.2. The Kier molecular flexibility index (Phi) is 6.67. The SMILES string of the molecule is COc1ccccc1CN(C)C(=O)COC(=O)c1c(Cl)cccc1Cl. The highest BCUT2D eigenvalue weighted by Gasteiger charge is 2.19. The van der Waals surface area contributed by atoms with Gasteiger partial charge in [-0.05, 0) is 18.2 Å². The minimum atomic E-state index is -0.741. The van der Waals surface area contributed by atoms with Crippen LogP contribution in [0.3, 0.4) is 0 Å². The summed E-state index contributed by atoms with van der Waals surface area (Å²) in [5.41, 5.74) is 0.896. The smallest absolute Gasteiger partial charge is 0.341 e. The van der Waals surface area contributed by atoms with E-state index in [2.05, 4.69) is 0 Å². The molecule has 0 bridgehead atoms. The Morgan fingerprint density at radius 2 is 1.68 bits per heavy atom. The summed E-state index contributed by atoms with van der Waals surface area (Å²) in [6.45, 7) is -0.0840. The molecule has 0 heterocycles. The lowest BCUT2D eigenvalue weighted by atomic mass is 10.2. The Morgan fingerprint density at radius 1 is 1.04 bits per heavy atom. The summed E-state index contributed by atoms with van der Waals surface area (Å²) in [4.78, 5) is 25.7. The van der Waals surface area contributed by atoms with Crippen LogP contribution in [-0.4, -0.2) is 37.5 Å². The van der Waals surface area contributed by atoms with Crippen molar-refractivity contribution < 1.29 is 19.1 Å². The highest BCUT2D eigenvalue weighted by atomic mass is 35.5. The molecule has 0 aliphatic carbocycles. The van der Waals surface area contributed by atoms with Crippen LogP contribution in [0, 0.1) is 0 Å². The van der Waals surface area contributed by atoms with Crippen LogP contribution in [0.15, 0.2) is 42.5 Å². The van der Waals surface area contributed by atoms with Gasteiger partial charge in [0, 0.05) is 19.2 Å². The van der Waals surface area contributed by atoms with Gasteiger partial charge in [0.2, 0.25) is 0 Å². The molecule has 0 unspecified atom stereocenters. The van der Waals surface area contributed by atoms with Gasteiger partial charge in [-0.3, -0.25) is 4.79 Å². The number of esters is 1. The fourth-order valence-corrected chi connectivity index (χ4v) is 2.73. The second-order valence-corrected chi connectivity index (χ2v) is 6.05. The van der Waals surface area contributed by atoms with Gasteiger partial charge in [-0.15, -0.1) is 0 Å². The summed E-state index contributed by atoms with van der Waals surface area (Å²) in [7, 11) is 3.18. The highest BCUT2D eigenvalue weighted by molar-refractivity contribution is 6.39. The summed E-state index contributed by atoms with van der Waals surface area (Å²) in [5, 5.41) is 0.347. The fraction of sp³-hybridized carbons (Fsp3) is 0.222. The fourth-order valence-electron chi connectivity index (χ4n) is 2.18. The predicted octanol–water partition coefficient (Wildman–Crippen LogP) is 3.82. The molecule has 0 spiro atoms. The van der Waals surface area contributed by atoms with Gasteiger partial charge in [0.15, 0.2) is 6.61 Å². The number of hydrogen-bond donors (Lipinski definition) is 0. The lowest BCUT2D eigenvalue weighted by Gasteiger charge is -2.19. The molecular weight excluding hydrogens is 365 g/mol. The maximum Gasteiger partial charge on any atom is 0.341 e. The summed E-state index contributed by atoms with van der Waals surface area (Å²) in [5.74, 6) is -0.418. The zero-order valence-corrected chi connectivity index (χ0v) is 15.3. The molecule has 5 nitrogen and oxygen atoms in total. The zero-order valence-electron chi connectivity index (χ0n) is 13.8. The summed E-state index contributed by atoms with van der Waals surface area (Å²) in [6.07, 6.45) is 0. The molecule has 2 rings (SSSR count). The number of para-hydroxylation sites is 1. The number of rotatable bonds is 6. The van der Waals surface area contributed by atoms with Crippen LogP contribution in [0.4, 0.5) is 0 Å². The molecule has 2 aromatic rings. The average molecular weight is 382 g/mol. The van der Waals surface area contributed by atoms with Crippen LogP contribution in [0.5, 0.6) is 5.75 Å². The van der Waals surface area contributed by atoms with E-state index in [0.29, 0.717) is 12.3 Å². The van der Waals surface area contributed by atoms with Gasteiger partial charge in [0.1, 0.15) is 5.75 Å². The summed E-state index contributed by atoms with van der Waals surface area (Å²) >= 11 is 11.9. The Balaban J connectivity index is 1.96. The van der Waals surface area contributed by atoms with Gasteiger partial charge in [-0.1, -0.05) is 47.5 Å². The number of carbonyl (C=O) groups is 2. The molecule has 1 amide bonds. The molecule has 0 N–H and O–H groups in total. The van der Waals surface area contributed by atoms with Gasteiger partial charge < -0.3 is 14.4 Å². The van der Waals surface area contributed by atoms with Crippen molar-refractivity contribution in [2.45, 2.75) is 6.54 Å². The van der Waals surface area contributed by atoms with E-state index in [0.717, 1.165) is 5.56 Å². The third-order valence-electron chi connectivity index (χ3n) is 3.52. The molecule has 0 saturated heterocycles. The topological polar surface area (TPSA) is 55.8 Å². The van der Waals surface area contributed by atoms with Crippen molar-refractivity contribution in [2.24, 2.45) is 0 Å². The second kappa shape index (κ2) is 8.74. The van der Waals surface area contributed by atoms with Crippen molar-refractivity contribution in [1.82, 2.24) is 4.90 Å². The predicted molar refractivity (Wildman–Crippen MR) is 96.2 cm³/mol. The van der Waals surface area contributed by atoms with Crippen molar-refractivity contribution in [3.8, 4) is 5.75 Å². The number of ether oxygens (including phenoxy) is 2. The molecule has 0 aromatic heterocycles. The van der Waals surface area contributed by atoms with Gasteiger partial charge in [0.05, 0.1) is 22.7 Å². The molecule has 25 heavy (non-hydrogen) atoms. The van der Waals surface area contributed by atoms with E-state index in [1.807, 2.05) is 24.3 Å². The number of nitrogens with zero attached hydrogens (tertiary/aromatic N) is 1. The lowest BCUT2D eigenvalue weighted by molar-refractivity contribution is -0.133. The van der Waals surface area contributed by atoms with Crippen molar-refractivity contribution >= 4 is 35.1 Å². The largest absolute Gasteiger partial charge is 0.496 e. The maximum atomic E-state index is 12.2. The first-order valence-electron chi connectivity index (χ1n) is 7.41. The minimum Gasteiger partial charge on any atom is -0.496 e. The third-order valence-corrected chi connectivity index (χ3v) is 4.15. The van der Waals surface area contributed by atoms with Crippen LogP contribution in [-0.2, 0) is 16.1 Å². The van der Waals surface area contributed by atoms with Gasteiger partial charge in [0.25, 0.3) is 5.91 Å². The molecule has 0 radical (unpaired) electrons.